The first-order valence-corrected chi connectivity index (χ1v) is 9.62. The van der Waals surface area contributed by atoms with Crippen molar-refractivity contribution in [2.45, 2.75) is 18.1 Å². The Morgan fingerprint density at radius 1 is 1.37 bits per heavy atom. The molecule has 1 aromatic carbocycles. The van der Waals surface area contributed by atoms with E-state index in [-0.39, 0.29) is 17.0 Å². The van der Waals surface area contributed by atoms with Crippen molar-refractivity contribution in [3.63, 3.8) is 0 Å². The molecule has 2 unspecified atom stereocenters. The molecule has 1 saturated carbocycles. The number of hydrogen-bond acceptors (Lipinski definition) is 5. The highest BCUT2D eigenvalue weighted by molar-refractivity contribution is 7.80. The van der Waals surface area contributed by atoms with Crippen LogP contribution in [0.3, 0.4) is 0 Å². The second-order valence-corrected chi connectivity index (χ2v) is 7.75. The Kier molecular flexibility index (Phi) is 5.37. The number of pyridine rings is 1. The lowest BCUT2D eigenvalue weighted by atomic mass is 10.0. The molecule has 30 heavy (non-hydrogen) atoms. The summed E-state index contributed by atoms with van der Waals surface area (Å²) in [6.45, 7) is -0.396. The molecule has 6 nitrogen and oxygen atoms in total. The van der Waals surface area contributed by atoms with E-state index in [2.05, 4.69) is 20.4 Å². The maximum Gasteiger partial charge on any atom is 0.422 e. The lowest BCUT2D eigenvalue weighted by Gasteiger charge is -2.20. The average molecular weight is 437 g/mol. The van der Waals surface area contributed by atoms with E-state index < -0.39 is 18.7 Å². The van der Waals surface area contributed by atoms with Crippen molar-refractivity contribution in [2.75, 3.05) is 25.1 Å². The van der Waals surface area contributed by atoms with Crippen LogP contribution in [-0.2, 0) is 10.3 Å². The summed E-state index contributed by atoms with van der Waals surface area (Å²) in [5.74, 6) is -0.232. The fraction of sp³-hybridized carbons (Fsp3) is 0.350. The summed E-state index contributed by atoms with van der Waals surface area (Å²) in [6, 6.07) is 10.0. The number of carbonyl (C=O) groups excluding carboxylic acids is 1. The standard InChI is InChI=1S/C20H18F3N3O3S/c21-20(22,23)11-29-15-4-5-16(24-8-15)18(27)25-14-3-1-2-12(6-14)19-7-13(19)9-28-10-17(30)26-19/h1-6,8,13H,7,9-11H2,(H,25,27)(H,26,30). The molecule has 2 aromatic rings. The Hall–Kier alpha value is -2.72. The number of nitrogens with zero attached hydrogens (tertiary/aromatic N) is 1. The number of rotatable bonds is 5. The number of hydrogen-bond donors (Lipinski definition) is 2. The molecular weight excluding hydrogens is 419 g/mol. The van der Waals surface area contributed by atoms with Crippen molar-refractivity contribution in [3.05, 3.63) is 53.9 Å². The van der Waals surface area contributed by atoms with Crippen LogP contribution in [0.25, 0.3) is 0 Å². The highest BCUT2D eigenvalue weighted by atomic mass is 32.1. The van der Waals surface area contributed by atoms with Crippen LogP contribution in [0, 0.1) is 5.92 Å². The molecule has 2 aliphatic rings. The second kappa shape index (κ2) is 7.84. The number of ether oxygens (including phenoxy) is 2. The Balaban J connectivity index is 1.43. The second-order valence-electron chi connectivity index (χ2n) is 7.25. The molecule has 1 aromatic heterocycles. The van der Waals surface area contributed by atoms with Gasteiger partial charge in [-0.2, -0.15) is 13.2 Å². The number of fused-ring (bicyclic) bond motifs is 1. The Labute approximate surface area is 175 Å². The number of thiocarbonyl (C=S) groups is 1. The van der Waals surface area contributed by atoms with Crippen LogP contribution in [0.2, 0.25) is 0 Å². The van der Waals surface area contributed by atoms with E-state index in [0.717, 1.165) is 18.2 Å². The van der Waals surface area contributed by atoms with Gasteiger partial charge in [-0.1, -0.05) is 24.4 Å². The number of aromatic nitrogens is 1. The van der Waals surface area contributed by atoms with Crippen molar-refractivity contribution in [3.8, 4) is 5.75 Å². The zero-order valence-corrected chi connectivity index (χ0v) is 16.5. The first-order valence-electron chi connectivity index (χ1n) is 9.21. The molecule has 2 atom stereocenters. The highest BCUT2D eigenvalue weighted by Crippen LogP contribution is 2.53. The third-order valence-corrected chi connectivity index (χ3v) is 5.25. The predicted octanol–water partition coefficient (Wildman–Crippen LogP) is 3.44. The van der Waals surface area contributed by atoms with Gasteiger partial charge in [0.15, 0.2) is 6.61 Å². The Morgan fingerprint density at radius 3 is 2.93 bits per heavy atom. The summed E-state index contributed by atoms with van der Waals surface area (Å²) < 4.78 is 46.8. The average Bonchev–Trinajstić information content (AvgIpc) is 3.41. The molecule has 0 spiro atoms. The lowest BCUT2D eigenvalue weighted by Crippen LogP contribution is -2.35. The Morgan fingerprint density at radius 2 is 2.20 bits per heavy atom. The topological polar surface area (TPSA) is 72.5 Å². The SMILES string of the molecule is O=C(Nc1cccc(C23CC2COCC(=S)N3)c1)c1ccc(OCC(F)(F)F)cn1. The molecule has 1 aliphatic carbocycles. The number of nitrogens with one attached hydrogen (secondary N) is 2. The summed E-state index contributed by atoms with van der Waals surface area (Å²) in [7, 11) is 0. The van der Waals surface area contributed by atoms with E-state index in [0.29, 0.717) is 29.8 Å². The van der Waals surface area contributed by atoms with Gasteiger partial charge in [0.05, 0.1) is 24.9 Å². The molecule has 0 bridgehead atoms. The molecule has 1 amide bonds. The first kappa shape index (κ1) is 20.5. The van der Waals surface area contributed by atoms with Gasteiger partial charge in [0.25, 0.3) is 5.91 Å². The smallest absolute Gasteiger partial charge is 0.422 e. The van der Waals surface area contributed by atoms with Crippen LogP contribution in [-0.4, -0.2) is 41.9 Å². The first-order chi connectivity index (χ1) is 14.2. The number of halogens is 3. The highest BCUT2D eigenvalue weighted by Gasteiger charge is 2.57. The number of anilines is 1. The van der Waals surface area contributed by atoms with Gasteiger partial charge in [-0.3, -0.25) is 4.79 Å². The van der Waals surface area contributed by atoms with Gasteiger partial charge in [-0.15, -0.1) is 0 Å². The predicted molar refractivity (Wildman–Crippen MR) is 107 cm³/mol. The Bertz CT molecular complexity index is 968. The molecule has 10 heteroatoms. The molecule has 2 heterocycles. The summed E-state index contributed by atoms with van der Waals surface area (Å²) in [5.41, 5.74) is 1.37. The zero-order chi connectivity index (χ0) is 21.4. The summed E-state index contributed by atoms with van der Waals surface area (Å²) in [4.78, 5) is 17.0. The quantitative estimate of drug-likeness (QED) is 0.699. The zero-order valence-electron chi connectivity index (χ0n) is 15.7. The van der Waals surface area contributed by atoms with Crippen LogP contribution in [0.5, 0.6) is 5.75 Å². The molecule has 0 radical (unpaired) electrons. The van der Waals surface area contributed by atoms with Gasteiger partial charge < -0.3 is 20.1 Å². The van der Waals surface area contributed by atoms with Crippen molar-refractivity contribution < 1.29 is 27.4 Å². The minimum absolute atomic E-state index is 0.0596. The van der Waals surface area contributed by atoms with Gasteiger partial charge in [0.1, 0.15) is 16.4 Å². The fourth-order valence-electron chi connectivity index (χ4n) is 3.52. The molecule has 1 aliphatic heterocycles. The van der Waals surface area contributed by atoms with Gasteiger partial charge >= 0.3 is 6.18 Å². The largest absolute Gasteiger partial charge is 0.483 e. The van der Waals surface area contributed by atoms with E-state index >= 15 is 0 Å². The van der Waals surface area contributed by atoms with Crippen molar-refractivity contribution >= 4 is 28.8 Å². The van der Waals surface area contributed by atoms with Crippen LogP contribution < -0.4 is 15.4 Å². The van der Waals surface area contributed by atoms with E-state index in [1.807, 2.05) is 18.2 Å². The van der Waals surface area contributed by atoms with E-state index in [1.165, 1.54) is 12.1 Å². The van der Waals surface area contributed by atoms with Gasteiger partial charge in [0, 0.05) is 11.6 Å². The number of benzene rings is 1. The van der Waals surface area contributed by atoms with Crippen LogP contribution >= 0.6 is 12.2 Å². The molecule has 158 valence electrons. The molecule has 4 rings (SSSR count). The number of amides is 1. The van der Waals surface area contributed by atoms with Crippen molar-refractivity contribution in [1.82, 2.24) is 10.3 Å². The minimum Gasteiger partial charge on any atom is -0.483 e. The van der Waals surface area contributed by atoms with E-state index in [9.17, 15) is 18.0 Å². The molecular formula is C20H18F3N3O3S. The fourth-order valence-corrected chi connectivity index (χ4v) is 3.79. The number of carbonyl (C=O) groups is 1. The van der Waals surface area contributed by atoms with E-state index in [1.54, 1.807) is 6.07 Å². The van der Waals surface area contributed by atoms with Gasteiger partial charge in [-0.25, -0.2) is 4.98 Å². The lowest BCUT2D eigenvalue weighted by molar-refractivity contribution is -0.153. The minimum atomic E-state index is -4.44. The third kappa shape index (κ3) is 4.54. The van der Waals surface area contributed by atoms with Crippen LogP contribution in [0.15, 0.2) is 42.6 Å². The van der Waals surface area contributed by atoms with Crippen molar-refractivity contribution in [1.29, 1.82) is 0 Å². The summed E-state index contributed by atoms with van der Waals surface area (Å²) in [5, 5.41) is 6.14. The van der Waals surface area contributed by atoms with Crippen LogP contribution in [0.4, 0.5) is 18.9 Å². The van der Waals surface area contributed by atoms with Crippen LogP contribution in [0.1, 0.15) is 22.5 Å². The molecule has 1 saturated heterocycles. The van der Waals surface area contributed by atoms with Crippen molar-refractivity contribution in [2.24, 2.45) is 5.92 Å². The molecule has 2 N–H and O–H groups in total. The maximum absolute atomic E-state index is 12.5. The molecule has 2 fully saturated rings. The monoisotopic (exact) mass is 437 g/mol. The van der Waals surface area contributed by atoms with Gasteiger partial charge in [0.2, 0.25) is 0 Å². The van der Waals surface area contributed by atoms with Gasteiger partial charge in [-0.05, 0) is 36.2 Å². The maximum atomic E-state index is 12.5. The summed E-state index contributed by atoms with van der Waals surface area (Å²) >= 11 is 5.30. The summed E-state index contributed by atoms with van der Waals surface area (Å²) in [6.07, 6.45) is -2.46. The van der Waals surface area contributed by atoms with E-state index in [4.69, 9.17) is 17.0 Å². The normalized spacial score (nSPS) is 23.0. The number of alkyl halides is 3. The third-order valence-electron chi connectivity index (χ3n) is 5.03.